The van der Waals surface area contributed by atoms with Crippen molar-refractivity contribution in [2.24, 2.45) is 0 Å². The van der Waals surface area contributed by atoms with Crippen LogP contribution in [0.3, 0.4) is 0 Å². The lowest BCUT2D eigenvalue weighted by molar-refractivity contribution is -0.391. The lowest BCUT2D eigenvalue weighted by Gasteiger charge is -2.02. The van der Waals surface area contributed by atoms with Crippen LogP contribution in [0.15, 0.2) is 58.0 Å². The van der Waals surface area contributed by atoms with Crippen LogP contribution in [0.2, 0.25) is 0 Å². The van der Waals surface area contributed by atoms with Crippen molar-refractivity contribution in [1.82, 2.24) is 9.38 Å². The largest absolute Gasteiger partial charge is 0.358 e. The average molecular weight is 396 g/mol. The summed E-state index contributed by atoms with van der Waals surface area (Å²) in [6.07, 6.45) is 1.49. The fourth-order valence-electron chi connectivity index (χ4n) is 2.24. The summed E-state index contributed by atoms with van der Waals surface area (Å²) < 4.78 is 26.8. The Bertz CT molecular complexity index is 1000. The summed E-state index contributed by atoms with van der Waals surface area (Å²) >= 11 is 3.23. The lowest BCUT2D eigenvalue weighted by Crippen LogP contribution is -2.07. The summed E-state index contributed by atoms with van der Waals surface area (Å²) in [4.78, 5) is 15.0. The first kappa shape index (κ1) is 15.6. The second-order valence-corrected chi connectivity index (χ2v) is 7.69. The van der Waals surface area contributed by atoms with E-state index in [0.29, 0.717) is 10.1 Å². The zero-order chi connectivity index (χ0) is 16.6. The number of sulfone groups is 1. The van der Waals surface area contributed by atoms with Crippen molar-refractivity contribution in [1.29, 1.82) is 0 Å². The van der Waals surface area contributed by atoms with E-state index in [0.717, 1.165) is 0 Å². The third-order valence-electron chi connectivity index (χ3n) is 3.23. The number of imidazole rings is 1. The molecule has 0 saturated carbocycles. The highest BCUT2D eigenvalue weighted by molar-refractivity contribution is 9.10. The van der Waals surface area contributed by atoms with Crippen LogP contribution in [0.25, 0.3) is 5.65 Å². The molecule has 1 aromatic carbocycles. The molecule has 0 saturated heterocycles. The molecule has 23 heavy (non-hydrogen) atoms. The Morgan fingerprint density at radius 2 is 1.87 bits per heavy atom. The summed E-state index contributed by atoms with van der Waals surface area (Å²) in [6.45, 7) is 0. The van der Waals surface area contributed by atoms with Crippen LogP contribution in [0, 0.1) is 10.1 Å². The number of fused-ring (bicyclic) bond motifs is 1. The van der Waals surface area contributed by atoms with Crippen molar-refractivity contribution in [3.05, 3.63) is 68.9 Å². The Labute approximate surface area is 139 Å². The van der Waals surface area contributed by atoms with Gasteiger partial charge in [0.05, 0.1) is 9.37 Å². The standard InChI is InChI=1S/C14H10BrN3O4S/c15-10-6-7-13-16-12(14(18(19)20)17(13)8-10)9-23(21,22)11-4-2-1-3-5-11/h1-8H,9H2. The van der Waals surface area contributed by atoms with E-state index in [9.17, 15) is 18.5 Å². The normalized spacial score (nSPS) is 11.7. The Kier molecular flexibility index (Phi) is 3.90. The summed E-state index contributed by atoms with van der Waals surface area (Å²) in [5.74, 6) is -0.882. The van der Waals surface area contributed by atoms with E-state index >= 15 is 0 Å². The van der Waals surface area contributed by atoms with Gasteiger partial charge in [0.1, 0.15) is 11.9 Å². The van der Waals surface area contributed by atoms with Gasteiger partial charge in [-0.3, -0.25) is 0 Å². The number of halogens is 1. The summed E-state index contributed by atoms with van der Waals surface area (Å²) in [5, 5.41) is 11.4. The fourth-order valence-corrected chi connectivity index (χ4v) is 3.87. The van der Waals surface area contributed by atoms with E-state index < -0.39 is 20.5 Å². The molecule has 3 aromatic rings. The van der Waals surface area contributed by atoms with Gasteiger partial charge in [-0.1, -0.05) is 18.2 Å². The average Bonchev–Trinajstić information content (AvgIpc) is 2.84. The van der Waals surface area contributed by atoms with Crippen molar-refractivity contribution in [2.45, 2.75) is 10.6 Å². The molecule has 2 aromatic heterocycles. The van der Waals surface area contributed by atoms with Gasteiger partial charge in [0.25, 0.3) is 0 Å². The predicted octanol–water partition coefficient (Wildman–Crippen LogP) is 2.98. The summed E-state index contributed by atoms with van der Waals surface area (Å²) in [7, 11) is -3.72. The Morgan fingerprint density at radius 3 is 2.52 bits per heavy atom. The lowest BCUT2D eigenvalue weighted by atomic mass is 10.4. The molecule has 0 radical (unpaired) electrons. The molecule has 118 valence electrons. The smallest absolute Gasteiger partial charge is 0.352 e. The number of benzene rings is 1. The van der Waals surface area contributed by atoms with Crippen LogP contribution in [0.4, 0.5) is 5.82 Å². The van der Waals surface area contributed by atoms with Gasteiger partial charge in [0, 0.05) is 6.07 Å². The van der Waals surface area contributed by atoms with Crippen LogP contribution < -0.4 is 0 Å². The SMILES string of the molecule is O=[N+]([O-])c1c(CS(=O)(=O)c2ccccc2)nc2ccc(Br)cn12. The van der Waals surface area contributed by atoms with Gasteiger partial charge in [-0.2, -0.15) is 4.40 Å². The molecule has 3 rings (SSSR count). The van der Waals surface area contributed by atoms with E-state index in [1.807, 2.05) is 0 Å². The highest BCUT2D eigenvalue weighted by atomic mass is 79.9. The van der Waals surface area contributed by atoms with Crippen molar-refractivity contribution in [2.75, 3.05) is 0 Å². The fraction of sp³-hybridized carbons (Fsp3) is 0.0714. The maximum Gasteiger partial charge on any atom is 0.352 e. The maximum atomic E-state index is 12.4. The predicted molar refractivity (Wildman–Crippen MR) is 86.9 cm³/mol. The highest BCUT2D eigenvalue weighted by Crippen LogP contribution is 2.26. The molecule has 7 nitrogen and oxygen atoms in total. The van der Waals surface area contributed by atoms with Crippen LogP contribution in [-0.4, -0.2) is 22.7 Å². The van der Waals surface area contributed by atoms with Crippen molar-refractivity contribution < 1.29 is 13.3 Å². The van der Waals surface area contributed by atoms with Crippen LogP contribution >= 0.6 is 15.9 Å². The maximum absolute atomic E-state index is 12.4. The van der Waals surface area contributed by atoms with Gasteiger partial charge in [-0.05, 0) is 39.1 Å². The quantitative estimate of drug-likeness (QED) is 0.499. The molecular weight excluding hydrogens is 386 g/mol. The van der Waals surface area contributed by atoms with E-state index in [2.05, 4.69) is 20.9 Å². The Hall–Kier alpha value is -2.26. The summed E-state index contributed by atoms with van der Waals surface area (Å²) in [6, 6.07) is 11.1. The molecule has 9 heteroatoms. The molecule has 0 N–H and O–H groups in total. The van der Waals surface area contributed by atoms with E-state index in [1.165, 1.54) is 22.7 Å². The molecule has 0 bridgehead atoms. The van der Waals surface area contributed by atoms with Gasteiger partial charge in [0.2, 0.25) is 5.65 Å². The molecule has 0 unspecified atom stereocenters. The molecule has 0 amide bonds. The molecule has 0 aliphatic rings. The first-order valence-electron chi connectivity index (χ1n) is 6.47. The van der Waals surface area contributed by atoms with Crippen molar-refractivity contribution in [3.63, 3.8) is 0 Å². The number of aromatic nitrogens is 2. The molecule has 0 aliphatic heterocycles. The van der Waals surface area contributed by atoms with Gasteiger partial charge in [0.15, 0.2) is 15.5 Å². The number of rotatable bonds is 4. The van der Waals surface area contributed by atoms with E-state index in [4.69, 9.17) is 0 Å². The topological polar surface area (TPSA) is 94.6 Å². The monoisotopic (exact) mass is 395 g/mol. The molecule has 0 fully saturated rings. The number of hydrogen-bond acceptors (Lipinski definition) is 5. The zero-order valence-electron chi connectivity index (χ0n) is 11.6. The third-order valence-corrected chi connectivity index (χ3v) is 5.34. The first-order valence-corrected chi connectivity index (χ1v) is 8.92. The Morgan fingerprint density at radius 1 is 1.17 bits per heavy atom. The third kappa shape index (κ3) is 2.97. The second-order valence-electron chi connectivity index (χ2n) is 4.79. The van der Waals surface area contributed by atoms with Crippen molar-refractivity contribution >= 4 is 37.2 Å². The Balaban J connectivity index is 2.14. The highest BCUT2D eigenvalue weighted by Gasteiger charge is 2.27. The van der Waals surface area contributed by atoms with Gasteiger partial charge in [-0.25, -0.2) is 13.4 Å². The van der Waals surface area contributed by atoms with E-state index in [1.54, 1.807) is 30.3 Å². The molecule has 0 spiro atoms. The van der Waals surface area contributed by atoms with Crippen LogP contribution in [0.1, 0.15) is 5.69 Å². The first-order chi connectivity index (χ1) is 10.9. The zero-order valence-corrected chi connectivity index (χ0v) is 14.0. The second kappa shape index (κ2) is 5.74. The van der Waals surface area contributed by atoms with Crippen LogP contribution in [-0.2, 0) is 15.6 Å². The van der Waals surface area contributed by atoms with Gasteiger partial charge >= 0.3 is 5.82 Å². The molecule has 2 heterocycles. The number of nitro groups is 1. The van der Waals surface area contributed by atoms with Crippen LogP contribution in [0.5, 0.6) is 0 Å². The van der Waals surface area contributed by atoms with Gasteiger partial charge in [-0.15, -0.1) is 0 Å². The minimum atomic E-state index is -3.72. The molecule has 0 aliphatic carbocycles. The van der Waals surface area contributed by atoms with Gasteiger partial charge < -0.3 is 10.1 Å². The number of pyridine rings is 1. The summed E-state index contributed by atoms with van der Waals surface area (Å²) in [5.41, 5.74) is 0.232. The van der Waals surface area contributed by atoms with Crippen molar-refractivity contribution in [3.8, 4) is 0 Å². The minimum absolute atomic E-state index is 0.0862. The molecule has 0 atom stereocenters. The minimum Gasteiger partial charge on any atom is -0.358 e. The number of hydrogen-bond donors (Lipinski definition) is 0. The van der Waals surface area contributed by atoms with E-state index in [-0.39, 0.29) is 16.4 Å². The number of nitrogens with zero attached hydrogens (tertiary/aromatic N) is 3. The molecular formula is C14H10BrN3O4S.